The molecular formula is C16H18FN3O3. The Kier molecular flexibility index (Phi) is 5.59. The van der Waals surface area contributed by atoms with Crippen LogP contribution in [0.4, 0.5) is 4.39 Å². The third-order valence-electron chi connectivity index (χ3n) is 3.32. The fourth-order valence-electron chi connectivity index (χ4n) is 2.01. The molecule has 0 saturated carbocycles. The topological polar surface area (TPSA) is 73.2 Å². The van der Waals surface area contributed by atoms with E-state index in [0.29, 0.717) is 24.4 Å². The molecular weight excluding hydrogens is 301 g/mol. The van der Waals surface area contributed by atoms with Gasteiger partial charge >= 0.3 is 0 Å². The molecule has 2 aromatic rings. The smallest absolute Gasteiger partial charge is 0.267 e. The molecule has 1 aromatic heterocycles. The highest BCUT2D eigenvalue weighted by Crippen LogP contribution is 2.16. The minimum atomic E-state index is -0.764. The summed E-state index contributed by atoms with van der Waals surface area (Å²) in [5.41, 5.74) is 0.763. The van der Waals surface area contributed by atoms with Gasteiger partial charge < -0.3 is 10.1 Å². The number of nitrogens with one attached hydrogen (secondary N) is 1. The lowest BCUT2D eigenvalue weighted by atomic mass is 10.1. The summed E-state index contributed by atoms with van der Waals surface area (Å²) in [6, 6.07) is 7.87. The summed E-state index contributed by atoms with van der Waals surface area (Å²) in [6.45, 7) is 2.33. The van der Waals surface area contributed by atoms with Gasteiger partial charge in [0.15, 0.2) is 0 Å². The van der Waals surface area contributed by atoms with Gasteiger partial charge in [-0.3, -0.25) is 9.59 Å². The number of benzene rings is 1. The lowest BCUT2D eigenvalue weighted by Gasteiger charge is -2.14. The zero-order chi connectivity index (χ0) is 16.8. The number of methoxy groups -OCH3 is 1. The number of carbonyl (C=O) groups is 1. The molecule has 1 heterocycles. The minimum absolute atomic E-state index is 0.326. The average molecular weight is 319 g/mol. The quantitative estimate of drug-likeness (QED) is 0.816. The Morgan fingerprint density at radius 2 is 2.00 bits per heavy atom. The lowest BCUT2D eigenvalue weighted by Crippen LogP contribution is -2.38. The van der Waals surface area contributed by atoms with Gasteiger partial charge in [0.2, 0.25) is 5.91 Å². The van der Waals surface area contributed by atoms with Crippen molar-refractivity contribution in [2.45, 2.75) is 13.0 Å². The van der Waals surface area contributed by atoms with Crippen molar-refractivity contribution in [3.63, 3.8) is 0 Å². The van der Waals surface area contributed by atoms with E-state index in [2.05, 4.69) is 10.4 Å². The summed E-state index contributed by atoms with van der Waals surface area (Å²) in [4.78, 5) is 24.0. The Balaban J connectivity index is 2.25. The summed E-state index contributed by atoms with van der Waals surface area (Å²) in [5.74, 6) is -0.680. The van der Waals surface area contributed by atoms with Gasteiger partial charge in [-0.2, -0.15) is 5.10 Å². The fraction of sp³-hybridized carbons (Fsp3) is 0.312. The summed E-state index contributed by atoms with van der Waals surface area (Å²) in [7, 11) is 1.54. The molecule has 1 atom stereocenters. The Labute approximate surface area is 132 Å². The number of rotatable bonds is 6. The normalized spacial score (nSPS) is 12.0. The number of hydrogen-bond acceptors (Lipinski definition) is 4. The predicted octanol–water partition coefficient (Wildman–Crippen LogP) is 1.37. The molecule has 1 aromatic carbocycles. The van der Waals surface area contributed by atoms with Gasteiger partial charge in [-0.1, -0.05) is 0 Å². The standard InChI is InChI=1S/C16H18FN3O3/c1-11(16(22)18-9-10-23-2)20-15(21)8-7-14(19-20)12-3-5-13(17)6-4-12/h3-8,11H,9-10H2,1-2H3,(H,18,22). The SMILES string of the molecule is COCCNC(=O)C(C)n1nc(-c2ccc(F)cc2)ccc1=O. The van der Waals surface area contributed by atoms with Crippen LogP contribution in [0.3, 0.4) is 0 Å². The van der Waals surface area contributed by atoms with E-state index in [4.69, 9.17) is 4.74 Å². The van der Waals surface area contributed by atoms with Crippen LogP contribution in [0.5, 0.6) is 0 Å². The van der Waals surface area contributed by atoms with Crippen LogP contribution >= 0.6 is 0 Å². The van der Waals surface area contributed by atoms with Crippen LogP contribution in [0.2, 0.25) is 0 Å². The number of hydrogen-bond donors (Lipinski definition) is 1. The maximum absolute atomic E-state index is 13.0. The number of aromatic nitrogens is 2. The molecule has 2 rings (SSSR count). The summed E-state index contributed by atoms with van der Waals surface area (Å²) >= 11 is 0. The maximum atomic E-state index is 13.0. The second kappa shape index (κ2) is 7.64. The van der Waals surface area contributed by atoms with Crippen molar-refractivity contribution in [2.24, 2.45) is 0 Å². The first kappa shape index (κ1) is 16.8. The number of amides is 1. The summed E-state index contributed by atoms with van der Waals surface area (Å²) in [6.07, 6.45) is 0. The van der Waals surface area contributed by atoms with Crippen molar-refractivity contribution in [1.29, 1.82) is 0 Å². The predicted molar refractivity (Wildman–Crippen MR) is 83.5 cm³/mol. The highest BCUT2D eigenvalue weighted by atomic mass is 19.1. The van der Waals surface area contributed by atoms with Gasteiger partial charge in [-0.15, -0.1) is 0 Å². The van der Waals surface area contributed by atoms with E-state index in [1.807, 2.05) is 0 Å². The molecule has 1 N–H and O–H groups in total. The lowest BCUT2D eigenvalue weighted by molar-refractivity contribution is -0.124. The minimum Gasteiger partial charge on any atom is -0.383 e. The molecule has 6 nitrogen and oxygen atoms in total. The van der Waals surface area contributed by atoms with Crippen LogP contribution in [-0.4, -0.2) is 35.9 Å². The van der Waals surface area contributed by atoms with Gasteiger partial charge in [-0.05, 0) is 37.3 Å². The van der Waals surface area contributed by atoms with Crippen LogP contribution in [0.15, 0.2) is 41.2 Å². The van der Waals surface area contributed by atoms with Gasteiger partial charge in [0.05, 0.1) is 12.3 Å². The molecule has 1 amide bonds. The van der Waals surface area contributed by atoms with E-state index in [1.165, 1.54) is 25.3 Å². The zero-order valence-corrected chi connectivity index (χ0v) is 13.0. The Morgan fingerprint density at radius 1 is 1.30 bits per heavy atom. The molecule has 0 aliphatic heterocycles. The Hall–Kier alpha value is -2.54. The Morgan fingerprint density at radius 3 is 2.65 bits per heavy atom. The molecule has 0 radical (unpaired) electrons. The average Bonchev–Trinajstić information content (AvgIpc) is 2.55. The monoisotopic (exact) mass is 319 g/mol. The van der Waals surface area contributed by atoms with Crippen molar-refractivity contribution >= 4 is 5.91 Å². The second-order valence-corrected chi connectivity index (χ2v) is 4.97. The first-order chi connectivity index (χ1) is 11.0. The maximum Gasteiger partial charge on any atom is 0.267 e. The van der Waals surface area contributed by atoms with Crippen molar-refractivity contribution in [3.8, 4) is 11.3 Å². The second-order valence-electron chi connectivity index (χ2n) is 4.97. The fourth-order valence-corrected chi connectivity index (χ4v) is 2.01. The van der Waals surface area contributed by atoms with E-state index in [1.54, 1.807) is 25.1 Å². The van der Waals surface area contributed by atoms with Crippen LogP contribution in [0.1, 0.15) is 13.0 Å². The Bertz CT molecular complexity index is 728. The number of halogens is 1. The van der Waals surface area contributed by atoms with E-state index in [9.17, 15) is 14.0 Å². The first-order valence-electron chi connectivity index (χ1n) is 7.15. The molecule has 23 heavy (non-hydrogen) atoms. The largest absolute Gasteiger partial charge is 0.383 e. The van der Waals surface area contributed by atoms with Gasteiger partial charge in [0.1, 0.15) is 11.9 Å². The number of nitrogens with zero attached hydrogens (tertiary/aromatic N) is 2. The summed E-state index contributed by atoms with van der Waals surface area (Å²) in [5, 5.41) is 6.87. The number of ether oxygens (including phenoxy) is 1. The molecule has 7 heteroatoms. The van der Waals surface area contributed by atoms with Gasteiger partial charge in [-0.25, -0.2) is 9.07 Å². The van der Waals surface area contributed by atoms with Crippen LogP contribution in [-0.2, 0) is 9.53 Å². The zero-order valence-electron chi connectivity index (χ0n) is 13.0. The molecule has 0 saturated heterocycles. The van der Waals surface area contributed by atoms with Crippen molar-refractivity contribution in [2.75, 3.05) is 20.3 Å². The molecule has 0 spiro atoms. The van der Waals surface area contributed by atoms with Gasteiger partial charge in [0.25, 0.3) is 5.56 Å². The first-order valence-corrected chi connectivity index (χ1v) is 7.15. The third-order valence-corrected chi connectivity index (χ3v) is 3.32. The molecule has 0 bridgehead atoms. The van der Waals surface area contributed by atoms with E-state index >= 15 is 0 Å². The van der Waals surface area contributed by atoms with Crippen LogP contribution in [0.25, 0.3) is 11.3 Å². The van der Waals surface area contributed by atoms with E-state index in [0.717, 1.165) is 4.68 Å². The summed E-state index contributed by atoms with van der Waals surface area (Å²) < 4.78 is 19.0. The highest BCUT2D eigenvalue weighted by Gasteiger charge is 2.17. The molecule has 122 valence electrons. The van der Waals surface area contributed by atoms with Crippen molar-refractivity contribution < 1.29 is 13.9 Å². The van der Waals surface area contributed by atoms with Crippen LogP contribution < -0.4 is 10.9 Å². The molecule has 1 unspecified atom stereocenters. The molecule has 0 aliphatic carbocycles. The van der Waals surface area contributed by atoms with Crippen LogP contribution in [0, 0.1) is 5.82 Å². The van der Waals surface area contributed by atoms with E-state index in [-0.39, 0.29) is 17.3 Å². The van der Waals surface area contributed by atoms with Gasteiger partial charge in [0, 0.05) is 25.3 Å². The van der Waals surface area contributed by atoms with E-state index < -0.39 is 6.04 Å². The highest BCUT2D eigenvalue weighted by molar-refractivity contribution is 5.79. The van der Waals surface area contributed by atoms with Crippen molar-refractivity contribution in [3.05, 3.63) is 52.6 Å². The third kappa shape index (κ3) is 4.23. The van der Waals surface area contributed by atoms with Crippen molar-refractivity contribution in [1.82, 2.24) is 15.1 Å². The molecule has 0 aliphatic rings. The molecule has 0 fully saturated rings. The number of carbonyl (C=O) groups excluding carboxylic acids is 1.